The van der Waals surface area contributed by atoms with E-state index in [-0.39, 0.29) is 0 Å². The molecule has 0 amide bonds. The maximum Gasteiger partial charge on any atom is -0.00757 e. The van der Waals surface area contributed by atoms with Crippen LogP contribution < -0.4 is 0 Å². The van der Waals surface area contributed by atoms with E-state index in [0.29, 0.717) is 32.5 Å². The Morgan fingerprint density at radius 1 is 0.611 bits per heavy atom. The third-order valence-electron chi connectivity index (χ3n) is 10.9. The summed E-state index contributed by atoms with van der Waals surface area (Å²) in [6.07, 6.45) is 0. The molecule has 0 saturated heterocycles. The van der Waals surface area contributed by atoms with E-state index < -0.39 is 0 Å². The van der Waals surface area contributed by atoms with Crippen LogP contribution in [0.2, 0.25) is 0 Å². The molecule has 4 unspecified atom stereocenters. The minimum atomic E-state index is 0.499. The van der Waals surface area contributed by atoms with Gasteiger partial charge in [0.1, 0.15) is 0 Å². The van der Waals surface area contributed by atoms with Gasteiger partial charge in [0.25, 0.3) is 0 Å². The van der Waals surface area contributed by atoms with Gasteiger partial charge in [-0.2, -0.15) is 0 Å². The zero-order valence-electron chi connectivity index (χ0n) is 13.7. The van der Waals surface area contributed by atoms with Crippen LogP contribution in [-0.2, 0) is 0 Å². The van der Waals surface area contributed by atoms with Crippen LogP contribution >= 0.6 is 0 Å². The summed E-state index contributed by atoms with van der Waals surface area (Å²) < 4.78 is 0. The van der Waals surface area contributed by atoms with E-state index in [2.05, 4.69) is 62.3 Å². The van der Waals surface area contributed by atoms with Crippen LogP contribution in [0.1, 0.15) is 62.3 Å². The van der Waals surface area contributed by atoms with Crippen molar-refractivity contribution >= 4 is 0 Å². The molecule has 0 aliphatic heterocycles. The minimum absolute atomic E-state index is 0.499. The molecule has 0 bridgehead atoms. The predicted molar refractivity (Wildman–Crippen MR) is 76.1 cm³/mol. The van der Waals surface area contributed by atoms with Crippen molar-refractivity contribution in [2.75, 3.05) is 0 Å². The molecule has 0 heteroatoms. The van der Waals surface area contributed by atoms with Crippen molar-refractivity contribution in [1.82, 2.24) is 0 Å². The van der Waals surface area contributed by atoms with Crippen LogP contribution in [0.15, 0.2) is 0 Å². The highest BCUT2D eigenvalue weighted by molar-refractivity contribution is 5.54. The Balaban J connectivity index is 1.99. The van der Waals surface area contributed by atoms with E-state index in [4.69, 9.17) is 0 Å². The lowest BCUT2D eigenvalue weighted by Gasteiger charge is -3.11. The molecule has 0 nitrogen and oxygen atoms in total. The molecule has 4 atom stereocenters. The fraction of sp³-hybridized carbons (Fsp3) is 1.00. The Kier molecular flexibility index (Phi) is 1.41. The van der Waals surface area contributed by atoms with Gasteiger partial charge in [-0.1, -0.05) is 62.3 Å². The van der Waals surface area contributed by atoms with Crippen molar-refractivity contribution in [3.63, 3.8) is 0 Å². The lowest BCUT2D eigenvalue weighted by Crippen LogP contribution is -3.08. The molecule has 4 saturated carbocycles. The molecule has 0 aromatic heterocycles. The van der Waals surface area contributed by atoms with Crippen molar-refractivity contribution in [2.45, 2.75) is 62.3 Å². The molecule has 0 aromatic rings. The Bertz CT molecular complexity index is 446. The Labute approximate surface area is 113 Å². The standard InChI is InChI=1S/C18H30/c1-10-12-11(2)16(8)14(5,6)17(9)13(3,4)15(10,7)18(12,16)17/h10-12H,1-9H3. The van der Waals surface area contributed by atoms with Crippen molar-refractivity contribution < 1.29 is 0 Å². The Morgan fingerprint density at radius 2 is 0.944 bits per heavy atom. The maximum absolute atomic E-state index is 2.63. The fourth-order valence-corrected chi connectivity index (χ4v) is 9.84. The van der Waals surface area contributed by atoms with Gasteiger partial charge in [0.05, 0.1) is 0 Å². The van der Waals surface area contributed by atoms with Crippen LogP contribution in [0.25, 0.3) is 0 Å². The van der Waals surface area contributed by atoms with Gasteiger partial charge in [-0.25, -0.2) is 0 Å². The van der Waals surface area contributed by atoms with Crippen molar-refractivity contribution in [1.29, 1.82) is 0 Å². The molecule has 18 heavy (non-hydrogen) atoms. The predicted octanol–water partition coefficient (Wildman–Crippen LogP) is 4.99. The number of hydrogen-bond donors (Lipinski definition) is 0. The number of hydrogen-bond acceptors (Lipinski definition) is 0. The first-order chi connectivity index (χ1) is 7.94. The maximum atomic E-state index is 2.63. The zero-order valence-corrected chi connectivity index (χ0v) is 13.7. The molecular formula is C18H30. The van der Waals surface area contributed by atoms with Gasteiger partial charge in [0, 0.05) is 0 Å². The molecule has 4 aliphatic rings. The van der Waals surface area contributed by atoms with Crippen LogP contribution in [0.5, 0.6) is 0 Å². The first-order valence-electron chi connectivity index (χ1n) is 7.94. The molecule has 0 heterocycles. The highest BCUT2D eigenvalue weighted by Gasteiger charge is 3.08. The number of rotatable bonds is 0. The summed E-state index contributed by atoms with van der Waals surface area (Å²) in [6, 6.07) is 0. The van der Waals surface area contributed by atoms with Crippen LogP contribution in [0, 0.1) is 50.2 Å². The normalized spacial score (nSPS) is 72.8. The van der Waals surface area contributed by atoms with Gasteiger partial charge < -0.3 is 0 Å². The molecule has 4 fully saturated rings. The van der Waals surface area contributed by atoms with Gasteiger partial charge in [-0.05, 0) is 50.2 Å². The molecule has 1 spiro atoms. The first-order valence-corrected chi connectivity index (χ1v) is 7.94. The third kappa shape index (κ3) is 0.454. The lowest BCUT2D eigenvalue weighted by atomic mass is 8.92. The van der Waals surface area contributed by atoms with Crippen molar-refractivity contribution in [3.8, 4) is 0 Å². The summed E-state index contributed by atoms with van der Waals surface area (Å²) in [5, 5.41) is 0. The van der Waals surface area contributed by atoms with E-state index in [1.807, 2.05) is 0 Å². The molecule has 4 rings (SSSR count). The Hall–Kier alpha value is 0. The third-order valence-corrected chi connectivity index (χ3v) is 10.9. The van der Waals surface area contributed by atoms with Gasteiger partial charge >= 0.3 is 0 Å². The quantitative estimate of drug-likeness (QED) is 0.565. The van der Waals surface area contributed by atoms with Crippen LogP contribution in [0.4, 0.5) is 0 Å². The van der Waals surface area contributed by atoms with Crippen LogP contribution in [0.3, 0.4) is 0 Å². The molecular weight excluding hydrogens is 216 g/mol. The second-order valence-electron chi connectivity index (χ2n) is 9.69. The van der Waals surface area contributed by atoms with Gasteiger partial charge in [-0.15, -0.1) is 0 Å². The van der Waals surface area contributed by atoms with Gasteiger partial charge in [0.2, 0.25) is 0 Å². The van der Waals surface area contributed by atoms with Crippen molar-refractivity contribution in [3.05, 3.63) is 0 Å². The smallest absolute Gasteiger partial charge is 0.00757 e. The highest BCUT2D eigenvalue weighted by Crippen LogP contribution is 3.12. The average molecular weight is 246 g/mol. The second kappa shape index (κ2) is 2.15. The highest BCUT2D eigenvalue weighted by atomic mass is 15.1. The molecule has 4 aliphatic carbocycles. The minimum Gasteiger partial charge on any atom is -0.0616 e. The van der Waals surface area contributed by atoms with Gasteiger partial charge in [0.15, 0.2) is 0 Å². The van der Waals surface area contributed by atoms with Crippen LogP contribution in [-0.4, -0.2) is 0 Å². The average Bonchev–Trinajstić information content (AvgIpc) is 2.29. The molecule has 0 aromatic carbocycles. The van der Waals surface area contributed by atoms with E-state index in [1.54, 1.807) is 0 Å². The topological polar surface area (TPSA) is 0 Å². The second-order valence-corrected chi connectivity index (χ2v) is 9.69. The van der Waals surface area contributed by atoms with E-state index in [1.165, 1.54) is 0 Å². The molecule has 0 N–H and O–H groups in total. The summed E-state index contributed by atoms with van der Waals surface area (Å²) in [6.45, 7) is 23.2. The summed E-state index contributed by atoms with van der Waals surface area (Å²) >= 11 is 0. The van der Waals surface area contributed by atoms with E-state index in [9.17, 15) is 0 Å². The van der Waals surface area contributed by atoms with E-state index >= 15 is 0 Å². The van der Waals surface area contributed by atoms with E-state index in [0.717, 1.165) is 17.8 Å². The SMILES string of the molecule is CC1C2C(C)C3(C)C(C)(C)C4(C)C(C)(C)C1(C)C234. The lowest BCUT2D eigenvalue weighted by molar-refractivity contribution is -0.652. The largest absolute Gasteiger partial charge is 0.0616 e. The fourth-order valence-electron chi connectivity index (χ4n) is 9.84. The van der Waals surface area contributed by atoms with Crippen molar-refractivity contribution in [2.24, 2.45) is 50.2 Å². The summed E-state index contributed by atoms with van der Waals surface area (Å²) in [5.74, 6) is 2.87. The zero-order chi connectivity index (χ0) is 13.7. The molecule has 102 valence electrons. The monoisotopic (exact) mass is 246 g/mol. The summed E-state index contributed by atoms with van der Waals surface area (Å²) in [4.78, 5) is 0. The summed E-state index contributed by atoms with van der Waals surface area (Å²) in [7, 11) is 0. The molecule has 0 radical (unpaired) electrons. The summed E-state index contributed by atoms with van der Waals surface area (Å²) in [5.41, 5.74) is 3.42. The van der Waals surface area contributed by atoms with Gasteiger partial charge in [-0.3, -0.25) is 0 Å². The Morgan fingerprint density at radius 3 is 1.28 bits per heavy atom. The first kappa shape index (κ1) is 11.8.